The lowest BCUT2D eigenvalue weighted by Gasteiger charge is -2.32. The number of benzene rings is 2. The maximum atomic E-state index is 13.9. The van der Waals surface area contributed by atoms with Gasteiger partial charge in [0.1, 0.15) is 11.6 Å². The Morgan fingerprint density at radius 3 is 2.88 bits per heavy atom. The molecular weight excluding hydrogens is 359 g/mol. The summed E-state index contributed by atoms with van der Waals surface area (Å²) < 4.78 is 19.5. The lowest BCUT2D eigenvalue weighted by molar-refractivity contribution is -0.125. The number of carbonyl (C=O) groups excluding carboxylic acids is 2. The van der Waals surface area contributed by atoms with Crippen molar-refractivity contribution >= 4 is 34.8 Å². The fourth-order valence-electron chi connectivity index (χ4n) is 2.71. The van der Waals surface area contributed by atoms with E-state index in [1.807, 2.05) is 0 Å². The van der Waals surface area contributed by atoms with Crippen LogP contribution in [0.2, 0.25) is 5.02 Å². The van der Waals surface area contributed by atoms with Crippen LogP contribution in [0, 0.1) is 5.82 Å². The summed E-state index contributed by atoms with van der Waals surface area (Å²) >= 11 is 5.92. The Kier molecular flexibility index (Phi) is 4.95. The predicted octanol–water partition coefficient (Wildman–Crippen LogP) is 4.03. The van der Waals surface area contributed by atoms with E-state index in [0.717, 1.165) is 6.07 Å². The number of anilines is 2. The van der Waals surface area contributed by atoms with E-state index in [4.69, 9.17) is 16.3 Å². The van der Waals surface area contributed by atoms with Gasteiger partial charge in [-0.15, -0.1) is 6.58 Å². The van der Waals surface area contributed by atoms with Crippen LogP contribution in [-0.4, -0.2) is 24.5 Å². The molecule has 134 valence electrons. The molecule has 1 aliphatic rings. The molecule has 0 spiro atoms. The second kappa shape index (κ2) is 7.17. The molecule has 1 unspecified atom stereocenters. The summed E-state index contributed by atoms with van der Waals surface area (Å²) in [7, 11) is 0. The molecule has 0 aliphatic carbocycles. The Morgan fingerprint density at radius 2 is 2.19 bits per heavy atom. The molecule has 0 saturated heterocycles. The van der Waals surface area contributed by atoms with Crippen molar-refractivity contribution in [3.8, 4) is 5.75 Å². The molecule has 1 atom stereocenters. The number of nitrogens with zero attached hydrogens (tertiary/aromatic N) is 1. The van der Waals surface area contributed by atoms with Crippen LogP contribution in [0.15, 0.2) is 49.1 Å². The summed E-state index contributed by atoms with van der Waals surface area (Å²) in [4.78, 5) is 26.2. The van der Waals surface area contributed by atoms with E-state index in [0.29, 0.717) is 23.7 Å². The molecule has 2 amide bonds. The molecule has 1 N–H and O–H groups in total. The number of nitrogens with one attached hydrogen (secondary N) is 1. The van der Waals surface area contributed by atoms with Gasteiger partial charge in [0.25, 0.3) is 11.8 Å². The van der Waals surface area contributed by atoms with Crippen molar-refractivity contribution in [1.29, 1.82) is 0 Å². The third-order valence-electron chi connectivity index (χ3n) is 3.93. The highest BCUT2D eigenvalue weighted by Gasteiger charge is 2.31. The van der Waals surface area contributed by atoms with E-state index in [9.17, 15) is 14.0 Å². The second-order valence-corrected chi connectivity index (χ2v) is 6.14. The van der Waals surface area contributed by atoms with Crippen LogP contribution in [0.5, 0.6) is 5.75 Å². The fraction of sp³-hybridized carbons (Fsp3) is 0.158. The highest BCUT2D eigenvalue weighted by atomic mass is 35.5. The Balaban J connectivity index is 1.92. The van der Waals surface area contributed by atoms with Crippen LogP contribution < -0.4 is 15.0 Å². The van der Waals surface area contributed by atoms with Gasteiger partial charge in [-0.3, -0.25) is 9.59 Å². The molecule has 2 aromatic carbocycles. The predicted molar refractivity (Wildman–Crippen MR) is 98.4 cm³/mol. The average molecular weight is 375 g/mol. The van der Waals surface area contributed by atoms with Crippen molar-refractivity contribution in [1.82, 2.24) is 0 Å². The lowest BCUT2D eigenvalue weighted by Crippen LogP contribution is -2.44. The van der Waals surface area contributed by atoms with Gasteiger partial charge in [-0.05, 0) is 37.3 Å². The standard InChI is InChI=1S/C19H16ClFN2O3/c1-3-9-23-15-10-12(7-8-16(15)26-11(2)19(23)25)22-18(24)17-13(20)5-4-6-14(17)21/h3-8,10-11H,1,9H2,2H3,(H,22,24). The van der Waals surface area contributed by atoms with Crippen molar-refractivity contribution in [3.63, 3.8) is 0 Å². The van der Waals surface area contributed by atoms with Gasteiger partial charge in [0, 0.05) is 12.2 Å². The molecular formula is C19H16ClFN2O3. The molecule has 5 nitrogen and oxygen atoms in total. The van der Waals surface area contributed by atoms with E-state index in [2.05, 4.69) is 11.9 Å². The van der Waals surface area contributed by atoms with Crippen LogP contribution in [0.3, 0.4) is 0 Å². The largest absolute Gasteiger partial charge is 0.479 e. The van der Waals surface area contributed by atoms with Crippen molar-refractivity contribution in [2.24, 2.45) is 0 Å². The van der Waals surface area contributed by atoms with E-state index >= 15 is 0 Å². The smallest absolute Gasteiger partial charge is 0.268 e. The summed E-state index contributed by atoms with van der Waals surface area (Å²) in [5, 5.41) is 2.61. The van der Waals surface area contributed by atoms with E-state index in [1.54, 1.807) is 31.2 Å². The van der Waals surface area contributed by atoms with Crippen molar-refractivity contribution < 1.29 is 18.7 Å². The highest BCUT2D eigenvalue weighted by Crippen LogP contribution is 2.36. The van der Waals surface area contributed by atoms with Crippen LogP contribution in [0.4, 0.5) is 15.8 Å². The van der Waals surface area contributed by atoms with Crippen molar-refractivity contribution in [3.05, 3.63) is 65.5 Å². The van der Waals surface area contributed by atoms with Gasteiger partial charge in [0.15, 0.2) is 6.10 Å². The summed E-state index contributed by atoms with van der Waals surface area (Å²) in [6.07, 6.45) is 0.990. The molecule has 0 bridgehead atoms. The molecule has 0 saturated carbocycles. The van der Waals surface area contributed by atoms with Crippen LogP contribution >= 0.6 is 11.6 Å². The molecule has 2 aromatic rings. The normalized spacial score (nSPS) is 15.9. The Morgan fingerprint density at radius 1 is 1.42 bits per heavy atom. The first-order chi connectivity index (χ1) is 12.4. The molecule has 1 heterocycles. The van der Waals surface area contributed by atoms with Gasteiger partial charge in [0.05, 0.1) is 16.3 Å². The van der Waals surface area contributed by atoms with E-state index in [-0.39, 0.29) is 16.5 Å². The minimum Gasteiger partial charge on any atom is -0.479 e. The SMILES string of the molecule is C=CCN1C(=O)C(C)Oc2ccc(NC(=O)c3c(F)cccc3Cl)cc21. The monoisotopic (exact) mass is 374 g/mol. The summed E-state index contributed by atoms with van der Waals surface area (Å²) in [5.41, 5.74) is 0.647. The number of amides is 2. The van der Waals surface area contributed by atoms with Crippen LogP contribution in [0.25, 0.3) is 0 Å². The van der Waals surface area contributed by atoms with Crippen molar-refractivity contribution in [2.45, 2.75) is 13.0 Å². The summed E-state index contributed by atoms with van der Waals surface area (Å²) in [6, 6.07) is 8.87. The minimum atomic E-state index is -0.714. The van der Waals surface area contributed by atoms with Crippen LogP contribution in [-0.2, 0) is 4.79 Å². The zero-order valence-corrected chi connectivity index (χ0v) is 14.7. The molecule has 0 radical (unpaired) electrons. The average Bonchev–Trinajstić information content (AvgIpc) is 2.59. The first-order valence-electron chi connectivity index (χ1n) is 7.90. The molecule has 3 rings (SSSR count). The lowest BCUT2D eigenvalue weighted by atomic mass is 10.1. The van der Waals surface area contributed by atoms with E-state index < -0.39 is 17.8 Å². The zero-order valence-electron chi connectivity index (χ0n) is 14.0. The molecule has 1 aliphatic heterocycles. The van der Waals surface area contributed by atoms with Crippen LogP contribution in [0.1, 0.15) is 17.3 Å². The Hall–Kier alpha value is -2.86. The summed E-state index contributed by atoms with van der Waals surface area (Å²) in [6.45, 7) is 5.62. The number of hydrogen-bond donors (Lipinski definition) is 1. The minimum absolute atomic E-state index is 0.0149. The van der Waals surface area contributed by atoms with Gasteiger partial charge >= 0.3 is 0 Å². The number of carbonyl (C=O) groups is 2. The van der Waals surface area contributed by atoms with Gasteiger partial charge in [-0.2, -0.15) is 0 Å². The van der Waals surface area contributed by atoms with Gasteiger partial charge in [0.2, 0.25) is 0 Å². The third kappa shape index (κ3) is 3.28. The first-order valence-corrected chi connectivity index (χ1v) is 8.28. The Bertz CT molecular complexity index is 880. The van der Waals surface area contributed by atoms with Gasteiger partial charge in [-0.25, -0.2) is 4.39 Å². The molecule has 0 fully saturated rings. The third-order valence-corrected chi connectivity index (χ3v) is 4.24. The first kappa shape index (κ1) is 17.9. The fourth-order valence-corrected chi connectivity index (χ4v) is 2.96. The highest BCUT2D eigenvalue weighted by molar-refractivity contribution is 6.34. The quantitative estimate of drug-likeness (QED) is 0.822. The van der Waals surface area contributed by atoms with Gasteiger partial charge in [-0.1, -0.05) is 23.7 Å². The van der Waals surface area contributed by atoms with Gasteiger partial charge < -0.3 is 15.0 Å². The number of hydrogen-bond acceptors (Lipinski definition) is 3. The topological polar surface area (TPSA) is 58.6 Å². The number of fused-ring (bicyclic) bond motifs is 1. The zero-order chi connectivity index (χ0) is 18.8. The molecule has 26 heavy (non-hydrogen) atoms. The van der Waals surface area contributed by atoms with Crippen molar-refractivity contribution in [2.75, 3.05) is 16.8 Å². The van der Waals surface area contributed by atoms with E-state index in [1.165, 1.54) is 17.0 Å². The molecule has 0 aromatic heterocycles. The molecule has 7 heteroatoms. The maximum Gasteiger partial charge on any atom is 0.268 e. The number of rotatable bonds is 4. The Labute approximate surface area is 155 Å². The number of halogens is 2. The number of ether oxygens (including phenoxy) is 1. The maximum absolute atomic E-state index is 13.9. The summed E-state index contributed by atoms with van der Waals surface area (Å²) in [5.74, 6) is -1.09. The second-order valence-electron chi connectivity index (χ2n) is 5.73.